The van der Waals surface area contributed by atoms with Gasteiger partial charge in [-0.2, -0.15) is 0 Å². The average Bonchev–Trinajstić information content (AvgIpc) is 3.28. The van der Waals surface area contributed by atoms with Gasteiger partial charge in [0.1, 0.15) is 12.2 Å². The van der Waals surface area contributed by atoms with Crippen molar-refractivity contribution in [2.45, 2.75) is 137 Å². The van der Waals surface area contributed by atoms with E-state index in [0.29, 0.717) is 30.1 Å². The lowest BCUT2D eigenvalue weighted by atomic mass is 9.46. The van der Waals surface area contributed by atoms with Gasteiger partial charge in [0, 0.05) is 12.3 Å². The zero-order chi connectivity index (χ0) is 31.5. The first-order valence-corrected chi connectivity index (χ1v) is 16.8. The summed E-state index contributed by atoms with van der Waals surface area (Å²) in [6.45, 7) is 11.8. The van der Waals surface area contributed by atoms with Crippen LogP contribution in [0.5, 0.6) is 0 Å². The number of carboxylic acid groups (broad SMARTS) is 2. The van der Waals surface area contributed by atoms with E-state index < -0.39 is 30.0 Å². The van der Waals surface area contributed by atoms with Crippen LogP contribution in [0.3, 0.4) is 0 Å². The molecule has 43 heavy (non-hydrogen) atoms. The van der Waals surface area contributed by atoms with E-state index >= 15 is 0 Å². The Labute approximate surface area is 257 Å². The van der Waals surface area contributed by atoms with Gasteiger partial charge >= 0.3 is 23.9 Å². The molecular formula is C35H54O8. The third kappa shape index (κ3) is 7.47. The minimum absolute atomic E-state index is 0.0824. The molecule has 3 fully saturated rings. The third-order valence-electron chi connectivity index (χ3n) is 11.9. The van der Waals surface area contributed by atoms with E-state index in [-0.39, 0.29) is 48.5 Å². The molecule has 8 heteroatoms. The highest BCUT2D eigenvalue weighted by Crippen LogP contribution is 2.67. The summed E-state index contributed by atoms with van der Waals surface area (Å²) in [5.74, 6) is -0.0277. The maximum absolute atomic E-state index is 13.0. The Bertz CT molecular complexity index is 1080. The Morgan fingerprint density at radius 2 is 1.49 bits per heavy atom. The first-order valence-electron chi connectivity index (χ1n) is 16.8. The molecule has 242 valence electrons. The van der Waals surface area contributed by atoms with Crippen LogP contribution in [-0.2, 0) is 28.7 Å². The van der Waals surface area contributed by atoms with Crippen LogP contribution in [0.4, 0.5) is 0 Å². The summed E-state index contributed by atoms with van der Waals surface area (Å²) in [6.07, 6.45) is 11.1. The molecule has 3 saturated carbocycles. The minimum atomic E-state index is -1.02. The zero-order valence-electron chi connectivity index (χ0n) is 26.9. The number of carboxylic acids is 2. The molecule has 0 saturated heterocycles. The van der Waals surface area contributed by atoms with Gasteiger partial charge in [-0.1, -0.05) is 59.5 Å². The lowest BCUT2D eigenvalue weighted by Gasteiger charge is -2.59. The van der Waals surface area contributed by atoms with E-state index in [1.54, 1.807) is 0 Å². The highest BCUT2D eigenvalue weighted by atomic mass is 16.5. The predicted molar refractivity (Wildman–Crippen MR) is 162 cm³/mol. The molecular weight excluding hydrogens is 548 g/mol. The average molecular weight is 603 g/mol. The largest absolute Gasteiger partial charge is 0.481 e. The highest BCUT2D eigenvalue weighted by molar-refractivity contribution is 5.77. The number of ether oxygens (including phenoxy) is 2. The van der Waals surface area contributed by atoms with Crippen LogP contribution in [0.15, 0.2) is 11.6 Å². The second-order valence-electron chi connectivity index (χ2n) is 15.0. The second-order valence-corrected chi connectivity index (χ2v) is 15.0. The Morgan fingerprint density at radius 1 is 0.837 bits per heavy atom. The van der Waals surface area contributed by atoms with Crippen molar-refractivity contribution in [1.82, 2.24) is 0 Å². The number of aliphatic carboxylic acids is 2. The maximum Gasteiger partial charge on any atom is 0.306 e. The van der Waals surface area contributed by atoms with Gasteiger partial charge in [-0.15, -0.1) is 0 Å². The quantitative estimate of drug-likeness (QED) is 0.167. The molecule has 0 radical (unpaired) electrons. The highest BCUT2D eigenvalue weighted by Gasteiger charge is 2.62. The normalized spacial score (nSPS) is 35.6. The topological polar surface area (TPSA) is 127 Å². The van der Waals surface area contributed by atoms with Gasteiger partial charge in [0.15, 0.2) is 0 Å². The second kappa shape index (κ2) is 13.7. The fourth-order valence-corrected chi connectivity index (χ4v) is 9.70. The van der Waals surface area contributed by atoms with Crippen LogP contribution in [0.2, 0.25) is 0 Å². The van der Waals surface area contributed by atoms with Crippen LogP contribution in [0.25, 0.3) is 0 Å². The Balaban J connectivity index is 1.57. The molecule has 8 nitrogen and oxygen atoms in total. The molecule has 4 rings (SSSR count). The van der Waals surface area contributed by atoms with Gasteiger partial charge in [0.25, 0.3) is 0 Å². The monoisotopic (exact) mass is 602 g/mol. The molecule has 0 aromatic heterocycles. The summed E-state index contributed by atoms with van der Waals surface area (Å²) in [6, 6.07) is 0. The molecule has 9 atom stereocenters. The zero-order valence-corrected chi connectivity index (χ0v) is 26.9. The lowest BCUT2D eigenvalue weighted by Crippen LogP contribution is -2.55. The maximum atomic E-state index is 13.0. The molecule has 0 spiro atoms. The summed E-state index contributed by atoms with van der Waals surface area (Å²) < 4.78 is 11.9. The summed E-state index contributed by atoms with van der Waals surface area (Å²) in [7, 11) is 0. The van der Waals surface area contributed by atoms with Crippen molar-refractivity contribution >= 4 is 23.9 Å². The fourth-order valence-electron chi connectivity index (χ4n) is 9.70. The molecule has 0 aromatic rings. The number of esters is 2. The molecule has 0 heterocycles. The number of carbonyl (C=O) groups is 4. The Kier molecular flexibility index (Phi) is 10.7. The first-order chi connectivity index (χ1) is 20.2. The van der Waals surface area contributed by atoms with Crippen molar-refractivity contribution in [1.29, 1.82) is 0 Å². The van der Waals surface area contributed by atoms with Crippen molar-refractivity contribution in [2.75, 3.05) is 0 Å². The molecule has 0 bridgehead atoms. The summed E-state index contributed by atoms with van der Waals surface area (Å²) in [5, 5.41) is 18.1. The van der Waals surface area contributed by atoms with Gasteiger partial charge < -0.3 is 19.7 Å². The fraction of sp³-hybridized carbons (Fsp3) is 0.829. The summed E-state index contributed by atoms with van der Waals surface area (Å²) in [5.41, 5.74) is 1.26. The molecule has 2 N–H and O–H groups in total. The van der Waals surface area contributed by atoms with E-state index in [9.17, 15) is 19.2 Å². The summed E-state index contributed by atoms with van der Waals surface area (Å²) in [4.78, 5) is 47.4. The summed E-state index contributed by atoms with van der Waals surface area (Å²) >= 11 is 0. The van der Waals surface area contributed by atoms with Gasteiger partial charge in [-0.3, -0.25) is 19.2 Å². The smallest absolute Gasteiger partial charge is 0.306 e. The van der Waals surface area contributed by atoms with Crippen molar-refractivity contribution in [3.05, 3.63) is 11.6 Å². The molecule has 4 aliphatic carbocycles. The van der Waals surface area contributed by atoms with E-state index in [2.05, 4.69) is 40.7 Å². The lowest BCUT2D eigenvalue weighted by molar-refractivity contribution is -0.164. The number of fused-ring (bicyclic) bond motifs is 5. The van der Waals surface area contributed by atoms with Crippen molar-refractivity contribution < 1.29 is 38.9 Å². The van der Waals surface area contributed by atoms with E-state index in [4.69, 9.17) is 19.7 Å². The molecule has 0 amide bonds. The SMILES string of the molecule is CC(C)CCC[C@@H](C)C1CCC2C3C(OC(=O)CCC(=O)O)C=C4CC(OC(=O)CCC(=O)O)CCC4(C)C3CCC21C. The van der Waals surface area contributed by atoms with Crippen molar-refractivity contribution in [2.24, 2.45) is 46.3 Å². The van der Waals surface area contributed by atoms with Crippen molar-refractivity contribution in [3.8, 4) is 0 Å². The molecule has 0 aromatic carbocycles. The van der Waals surface area contributed by atoms with Gasteiger partial charge in [0.2, 0.25) is 0 Å². The van der Waals surface area contributed by atoms with Gasteiger partial charge in [0.05, 0.1) is 25.7 Å². The van der Waals surface area contributed by atoms with E-state index in [0.717, 1.165) is 43.6 Å². The Morgan fingerprint density at radius 3 is 2.12 bits per heavy atom. The first kappa shape index (κ1) is 33.5. The van der Waals surface area contributed by atoms with Crippen LogP contribution >= 0.6 is 0 Å². The number of rotatable bonds is 13. The molecule has 0 aliphatic heterocycles. The minimum Gasteiger partial charge on any atom is -0.481 e. The van der Waals surface area contributed by atoms with Gasteiger partial charge in [-0.25, -0.2) is 0 Å². The van der Waals surface area contributed by atoms with E-state index in [1.165, 1.54) is 25.7 Å². The van der Waals surface area contributed by atoms with Crippen LogP contribution < -0.4 is 0 Å². The van der Waals surface area contributed by atoms with Gasteiger partial charge in [-0.05, 0) is 85.0 Å². The number of hydrogen-bond acceptors (Lipinski definition) is 6. The van der Waals surface area contributed by atoms with Crippen LogP contribution in [0, 0.1) is 46.3 Å². The van der Waals surface area contributed by atoms with E-state index in [1.807, 2.05) is 0 Å². The third-order valence-corrected chi connectivity index (χ3v) is 11.9. The molecule has 4 aliphatic rings. The number of carbonyl (C=O) groups excluding carboxylic acids is 2. The van der Waals surface area contributed by atoms with Crippen LogP contribution in [0.1, 0.15) is 125 Å². The van der Waals surface area contributed by atoms with Crippen LogP contribution in [-0.4, -0.2) is 46.3 Å². The standard InChI is InChI=1S/C35H54O8/c1-21(2)7-6-8-22(3)25-9-10-26-33-27(16-18-35(25,26)5)34(4)17-15-24(42-31(40)13-11-29(36)37)19-23(34)20-28(33)43-32(41)14-12-30(38)39/h20-22,24-28,33H,6-19H2,1-5H3,(H,36,37)(H,38,39)/t22-,24?,25?,26?,27?,28?,33?,34?,35?/m1/s1. The molecule has 8 unspecified atom stereocenters. The Hall–Kier alpha value is -2.38. The number of hydrogen-bond donors (Lipinski definition) is 2. The predicted octanol–water partition coefficient (Wildman–Crippen LogP) is 7.19. The van der Waals surface area contributed by atoms with Crippen molar-refractivity contribution in [3.63, 3.8) is 0 Å².